The average molecular weight is 359 g/mol. The minimum Gasteiger partial charge on any atom is -0.356 e. The SMILES string of the molecule is N#Cc1ccc2c(c1)c(-c1cc3ccccc3s1)nn2C1CCCCO1. The highest BCUT2D eigenvalue weighted by atomic mass is 32.1. The molecule has 2 aromatic carbocycles. The molecular weight excluding hydrogens is 342 g/mol. The average Bonchev–Trinajstić information content (AvgIpc) is 3.29. The summed E-state index contributed by atoms with van der Waals surface area (Å²) in [6, 6.07) is 18.6. The normalized spacial score (nSPS) is 17.6. The summed E-state index contributed by atoms with van der Waals surface area (Å²) in [7, 11) is 0. The number of nitrogens with zero attached hydrogens (tertiary/aromatic N) is 3. The van der Waals surface area contributed by atoms with Crippen LogP contribution in [0.5, 0.6) is 0 Å². The van der Waals surface area contributed by atoms with E-state index >= 15 is 0 Å². The Bertz CT molecular complexity index is 1110. The van der Waals surface area contributed by atoms with Crippen LogP contribution < -0.4 is 0 Å². The van der Waals surface area contributed by atoms with Gasteiger partial charge in [-0.25, -0.2) is 4.68 Å². The monoisotopic (exact) mass is 359 g/mol. The lowest BCUT2D eigenvalue weighted by Gasteiger charge is -2.23. The summed E-state index contributed by atoms with van der Waals surface area (Å²) in [5.41, 5.74) is 2.62. The molecular formula is C21H17N3OS. The first-order chi connectivity index (χ1) is 12.8. The molecule has 1 unspecified atom stereocenters. The zero-order valence-corrected chi connectivity index (χ0v) is 15.0. The zero-order valence-electron chi connectivity index (χ0n) is 14.2. The molecule has 1 saturated heterocycles. The first kappa shape index (κ1) is 15.6. The molecule has 0 spiro atoms. The van der Waals surface area contributed by atoms with E-state index in [1.165, 1.54) is 10.1 Å². The molecule has 0 saturated carbocycles. The fourth-order valence-corrected chi connectivity index (χ4v) is 4.69. The highest BCUT2D eigenvalue weighted by molar-refractivity contribution is 7.22. The summed E-state index contributed by atoms with van der Waals surface area (Å²) in [4.78, 5) is 1.13. The molecule has 0 bridgehead atoms. The summed E-state index contributed by atoms with van der Waals surface area (Å²) < 4.78 is 9.23. The van der Waals surface area contributed by atoms with Gasteiger partial charge in [-0.15, -0.1) is 11.3 Å². The Morgan fingerprint density at radius 2 is 2.08 bits per heavy atom. The van der Waals surface area contributed by atoms with Crippen LogP contribution in [0.15, 0.2) is 48.5 Å². The fourth-order valence-electron chi connectivity index (χ4n) is 3.63. The second-order valence-electron chi connectivity index (χ2n) is 6.61. The third-order valence-corrected chi connectivity index (χ3v) is 6.05. The molecule has 5 heteroatoms. The van der Waals surface area contributed by atoms with Crippen LogP contribution in [-0.2, 0) is 4.74 Å². The number of nitriles is 1. The molecule has 4 aromatic rings. The minimum atomic E-state index is -0.0256. The third kappa shape index (κ3) is 2.50. The van der Waals surface area contributed by atoms with Crippen molar-refractivity contribution in [3.8, 4) is 16.6 Å². The van der Waals surface area contributed by atoms with Gasteiger partial charge in [0.15, 0.2) is 6.23 Å². The van der Waals surface area contributed by atoms with Crippen molar-refractivity contribution < 1.29 is 4.74 Å². The molecule has 0 amide bonds. The van der Waals surface area contributed by atoms with Gasteiger partial charge < -0.3 is 4.74 Å². The number of aromatic nitrogens is 2. The highest BCUT2D eigenvalue weighted by Gasteiger charge is 2.22. The molecule has 0 aliphatic carbocycles. The molecule has 2 aromatic heterocycles. The van der Waals surface area contributed by atoms with Crippen LogP contribution in [0.25, 0.3) is 31.6 Å². The van der Waals surface area contributed by atoms with Crippen LogP contribution in [0, 0.1) is 11.3 Å². The van der Waals surface area contributed by atoms with Crippen molar-refractivity contribution in [3.63, 3.8) is 0 Å². The highest BCUT2D eigenvalue weighted by Crippen LogP contribution is 2.38. The summed E-state index contributed by atoms with van der Waals surface area (Å²) in [5, 5.41) is 16.5. The molecule has 3 heterocycles. The molecule has 0 radical (unpaired) electrons. The Morgan fingerprint density at radius 1 is 1.15 bits per heavy atom. The smallest absolute Gasteiger partial charge is 0.150 e. The minimum absolute atomic E-state index is 0.0256. The van der Waals surface area contributed by atoms with E-state index in [1.54, 1.807) is 11.3 Å². The molecule has 1 aliphatic heterocycles. The van der Waals surface area contributed by atoms with E-state index in [9.17, 15) is 5.26 Å². The predicted octanol–water partition coefficient (Wildman–Crippen LogP) is 5.49. The number of thiophene rings is 1. The number of benzene rings is 2. The second-order valence-corrected chi connectivity index (χ2v) is 7.69. The number of fused-ring (bicyclic) bond motifs is 2. The van der Waals surface area contributed by atoms with Gasteiger partial charge in [0.05, 0.1) is 22.0 Å². The maximum absolute atomic E-state index is 9.33. The van der Waals surface area contributed by atoms with E-state index in [0.29, 0.717) is 5.56 Å². The standard InChI is InChI=1S/C21H17N3OS/c22-13-14-8-9-17-16(11-14)21(23-24(17)20-7-3-4-10-25-20)19-12-15-5-1-2-6-18(15)26-19/h1-2,5-6,8-9,11-12,20H,3-4,7,10H2. The summed E-state index contributed by atoms with van der Waals surface area (Å²) in [6.45, 7) is 0.778. The van der Waals surface area contributed by atoms with Crippen LogP contribution >= 0.6 is 11.3 Å². The van der Waals surface area contributed by atoms with Gasteiger partial charge in [-0.05, 0) is 55.0 Å². The van der Waals surface area contributed by atoms with Crippen molar-refractivity contribution in [2.75, 3.05) is 6.61 Å². The van der Waals surface area contributed by atoms with Gasteiger partial charge in [-0.1, -0.05) is 18.2 Å². The summed E-state index contributed by atoms with van der Waals surface area (Å²) in [6.07, 6.45) is 3.21. The van der Waals surface area contributed by atoms with E-state index in [0.717, 1.165) is 47.3 Å². The molecule has 128 valence electrons. The number of hydrogen-bond acceptors (Lipinski definition) is 4. The Labute approximate surface area is 155 Å². The van der Waals surface area contributed by atoms with Crippen LogP contribution in [0.1, 0.15) is 31.1 Å². The van der Waals surface area contributed by atoms with E-state index in [1.807, 2.05) is 22.9 Å². The van der Waals surface area contributed by atoms with Crippen LogP contribution in [-0.4, -0.2) is 16.4 Å². The van der Waals surface area contributed by atoms with Gasteiger partial charge in [0.25, 0.3) is 0 Å². The molecule has 26 heavy (non-hydrogen) atoms. The zero-order chi connectivity index (χ0) is 17.5. The van der Waals surface area contributed by atoms with Crippen molar-refractivity contribution >= 4 is 32.3 Å². The second kappa shape index (κ2) is 6.24. The van der Waals surface area contributed by atoms with Crippen molar-refractivity contribution in [2.24, 2.45) is 0 Å². The van der Waals surface area contributed by atoms with Gasteiger partial charge in [-0.3, -0.25) is 0 Å². The quantitative estimate of drug-likeness (QED) is 0.475. The van der Waals surface area contributed by atoms with Gasteiger partial charge in [0.1, 0.15) is 5.69 Å². The van der Waals surface area contributed by atoms with E-state index in [2.05, 4.69) is 36.4 Å². The first-order valence-electron chi connectivity index (χ1n) is 8.86. The summed E-state index contributed by atoms with van der Waals surface area (Å²) in [5.74, 6) is 0. The van der Waals surface area contributed by atoms with E-state index in [4.69, 9.17) is 9.84 Å². The predicted molar refractivity (Wildman–Crippen MR) is 104 cm³/mol. The van der Waals surface area contributed by atoms with Gasteiger partial charge in [0.2, 0.25) is 0 Å². The molecule has 0 N–H and O–H groups in total. The van der Waals surface area contributed by atoms with Crippen molar-refractivity contribution in [3.05, 3.63) is 54.1 Å². The Kier molecular flexibility index (Phi) is 3.74. The van der Waals surface area contributed by atoms with Gasteiger partial charge in [0, 0.05) is 16.7 Å². The Balaban J connectivity index is 1.73. The van der Waals surface area contributed by atoms with E-state index < -0.39 is 0 Å². The lowest BCUT2D eigenvalue weighted by molar-refractivity contribution is -0.0365. The number of ether oxygens (including phenoxy) is 1. The van der Waals surface area contributed by atoms with E-state index in [-0.39, 0.29) is 6.23 Å². The van der Waals surface area contributed by atoms with Crippen LogP contribution in [0.3, 0.4) is 0 Å². The topological polar surface area (TPSA) is 50.8 Å². The third-order valence-electron chi connectivity index (χ3n) is 4.92. The molecule has 1 fully saturated rings. The molecule has 4 nitrogen and oxygen atoms in total. The van der Waals surface area contributed by atoms with Crippen molar-refractivity contribution in [2.45, 2.75) is 25.5 Å². The summed E-state index contributed by atoms with van der Waals surface area (Å²) >= 11 is 1.74. The molecule has 5 rings (SSSR count). The van der Waals surface area contributed by atoms with Crippen molar-refractivity contribution in [1.29, 1.82) is 5.26 Å². The fraction of sp³-hybridized carbons (Fsp3) is 0.238. The Morgan fingerprint density at radius 3 is 2.88 bits per heavy atom. The lowest BCUT2D eigenvalue weighted by Crippen LogP contribution is -2.19. The largest absolute Gasteiger partial charge is 0.356 e. The number of hydrogen-bond donors (Lipinski definition) is 0. The maximum atomic E-state index is 9.33. The van der Waals surface area contributed by atoms with Crippen LogP contribution in [0.4, 0.5) is 0 Å². The lowest BCUT2D eigenvalue weighted by atomic mass is 10.1. The first-order valence-corrected chi connectivity index (χ1v) is 9.68. The van der Waals surface area contributed by atoms with Gasteiger partial charge >= 0.3 is 0 Å². The maximum Gasteiger partial charge on any atom is 0.150 e. The van der Waals surface area contributed by atoms with Crippen LogP contribution in [0.2, 0.25) is 0 Å². The molecule has 1 atom stereocenters. The Hall–Kier alpha value is -2.68. The van der Waals surface area contributed by atoms with Gasteiger partial charge in [-0.2, -0.15) is 10.4 Å². The molecule has 1 aliphatic rings. The number of rotatable bonds is 2. The van der Waals surface area contributed by atoms with Crippen molar-refractivity contribution in [1.82, 2.24) is 9.78 Å².